The Morgan fingerprint density at radius 3 is 2.62 bits per heavy atom. The van der Waals surface area contributed by atoms with Gasteiger partial charge in [0.25, 0.3) is 0 Å². The second-order valence-electron chi connectivity index (χ2n) is 9.54. The number of anilines is 1. The lowest BCUT2D eigenvalue weighted by molar-refractivity contribution is 0.00366. The van der Waals surface area contributed by atoms with Crippen LogP contribution in [0.25, 0.3) is 5.52 Å². The smallest absolute Gasteiger partial charge is 0.340 e. The van der Waals surface area contributed by atoms with Crippen molar-refractivity contribution in [2.24, 2.45) is 5.92 Å². The summed E-state index contributed by atoms with van der Waals surface area (Å²) >= 11 is 6.25. The molecule has 2 heterocycles. The van der Waals surface area contributed by atoms with Gasteiger partial charge in [-0.3, -0.25) is 9.13 Å². The minimum atomic E-state index is -4.78. The fourth-order valence-corrected chi connectivity index (χ4v) is 8.09. The maximum atomic E-state index is 12.0. The molecule has 200 valence electrons. The molecule has 6 atom stereocenters. The molecule has 1 saturated carbocycles. The Morgan fingerprint density at radius 1 is 1.11 bits per heavy atom. The quantitative estimate of drug-likeness (QED) is 0.218. The lowest BCUT2D eigenvalue weighted by Crippen LogP contribution is -2.29. The Bertz CT molecular complexity index is 1410. The lowest BCUT2D eigenvalue weighted by atomic mass is 10.0. The standard InChI is InChI=1S/C22H27ClN4O8P2/c23-22-25-21(24-16-6-5-12-3-1-2-4-14(12)16)18-8-7-17(27(18)26-22)15-9-13(19(28)20(15)29)10-35-37(33,34)11-36(30,31)32/h1-4,7-8,13,15-16,19-20,28-29H,5-6,9-11H2,(H,33,34)(H,24,25,26)(H2,30,31,32)/t13-,15+,16+,19-,20+/m1/s1. The van der Waals surface area contributed by atoms with Gasteiger partial charge in [0, 0.05) is 17.5 Å². The molecule has 1 fully saturated rings. The Kier molecular flexibility index (Phi) is 7.25. The molecule has 2 aliphatic rings. The summed E-state index contributed by atoms with van der Waals surface area (Å²) in [4.78, 5) is 32.1. The molecule has 1 aromatic carbocycles. The summed E-state index contributed by atoms with van der Waals surface area (Å²) < 4.78 is 29.5. The van der Waals surface area contributed by atoms with Crippen molar-refractivity contribution in [3.63, 3.8) is 0 Å². The number of hydrogen-bond donors (Lipinski definition) is 6. The number of halogens is 1. The topological polar surface area (TPSA) is 187 Å². The van der Waals surface area contributed by atoms with Gasteiger partial charge in [-0.25, -0.2) is 4.52 Å². The molecular formula is C22H27ClN4O8P2. The van der Waals surface area contributed by atoms with Gasteiger partial charge in [0.15, 0.2) is 11.7 Å². The van der Waals surface area contributed by atoms with Crippen molar-refractivity contribution in [3.8, 4) is 0 Å². The van der Waals surface area contributed by atoms with Crippen LogP contribution in [-0.2, 0) is 20.1 Å². The summed E-state index contributed by atoms with van der Waals surface area (Å²) in [6.07, 6.45) is -0.522. The zero-order valence-electron chi connectivity index (χ0n) is 19.5. The zero-order chi connectivity index (χ0) is 26.5. The summed E-state index contributed by atoms with van der Waals surface area (Å²) in [6, 6.07) is 11.8. The summed E-state index contributed by atoms with van der Waals surface area (Å²) in [5.74, 6) is -2.17. The third-order valence-corrected chi connectivity index (χ3v) is 10.6. The van der Waals surface area contributed by atoms with Crippen LogP contribution in [0, 0.1) is 5.92 Å². The second kappa shape index (κ2) is 10.0. The monoisotopic (exact) mass is 572 g/mol. The first-order chi connectivity index (χ1) is 17.4. The van der Waals surface area contributed by atoms with Gasteiger partial charge < -0.3 is 34.7 Å². The number of aliphatic hydroxyl groups excluding tert-OH is 2. The predicted molar refractivity (Wildman–Crippen MR) is 135 cm³/mol. The van der Waals surface area contributed by atoms with Crippen LogP contribution >= 0.6 is 26.8 Å². The first-order valence-electron chi connectivity index (χ1n) is 11.7. The van der Waals surface area contributed by atoms with Crippen LogP contribution in [-0.4, -0.2) is 64.2 Å². The van der Waals surface area contributed by atoms with Gasteiger partial charge in [-0.2, -0.15) is 4.98 Å². The van der Waals surface area contributed by atoms with Crippen molar-refractivity contribution >= 4 is 38.1 Å². The van der Waals surface area contributed by atoms with Crippen LogP contribution in [0.1, 0.15) is 41.6 Å². The van der Waals surface area contributed by atoms with Gasteiger partial charge in [-0.05, 0) is 54.1 Å². The number of aryl methyl sites for hydroxylation is 1. The van der Waals surface area contributed by atoms with Gasteiger partial charge in [0.05, 0.1) is 24.9 Å². The van der Waals surface area contributed by atoms with Crippen molar-refractivity contribution in [1.29, 1.82) is 0 Å². The van der Waals surface area contributed by atoms with E-state index in [1.54, 1.807) is 16.6 Å². The number of fused-ring (bicyclic) bond motifs is 2. The Morgan fingerprint density at radius 2 is 1.86 bits per heavy atom. The average molecular weight is 573 g/mol. The molecule has 6 N–H and O–H groups in total. The average Bonchev–Trinajstić information content (AvgIpc) is 3.48. The highest BCUT2D eigenvalue weighted by atomic mass is 35.5. The molecule has 2 aromatic heterocycles. The summed E-state index contributed by atoms with van der Waals surface area (Å²) in [7, 11) is -9.37. The van der Waals surface area contributed by atoms with Gasteiger partial charge in [0.1, 0.15) is 5.52 Å². The van der Waals surface area contributed by atoms with E-state index >= 15 is 0 Å². The molecule has 2 aliphatic carbocycles. The molecule has 37 heavy (non-hydrogen) atoms. The third kappa shape index (κ3) is 5.63. The number of aromatic nitrogens is 3. The van der Waals surface area contributed by atoms with Crippen molar-refractivity contribution in [1.82, 2.24) is 14.6 Å². The van der Waals surface area contributed by atoms with Crippen molar-refractivity contribution in [2.75, 3.05) is 17.8 Å². The van der Waals surface area contributed by atoms with Gasteiger partial charge in [0.2, 0.25) is 5.28 Å². The molecule has 1 unspecified atom stereocenters. The normalized spacial score (nSPS) is 27.4. The number of aliphatic hydroxyl groups is 2. The van der Waals surface area contributed by atoms with Crippen LogP contribution in [0.5, 0.6) is 0 Å². The van der Waals surface area contributed by atoms with Crippen LogP contribution in [0.4, 0.5) is 5.82 Å². The summed E-state index contributed by atoms with van der Waals surface area (Å²) in [6.45, 7) is -0.463. The summed E-state index contributed by atoms with van der Waals surface area (Å²) in [5.41, 5.74) is 3.66. The zero-order valence-corrected chi connectivity index (χ0v) is 22.0. The maximum Gasteiger partial charge on any atom is 0.340 e. The lowest BCUT2D eigenvalue weighted by Gasteiger charge is -2.19. The molecule has 0 amide bonds. The molecule has 0 spiro atoms. The predicted octanol–water partition coefficient (Wildman–Crippen LogP) is 2.64. The fraction of sp³-hybridized carbons (Fsp3) is 0.455. The van der Waals surface area contributed by atoms with Crippen LogP contribution < -0.4 is 5.32 Å². The van der Waals surface area contributed by atoms with E-state index in [1.165, 1.54) is 11.1 Å². The number of benzene rings is 1. The van der Waals surface area contributed by atoms with E-state index in [2.05, 4.69) is 27.5 Å². The number of rotatable bonds is 8. The minimum absolute atomic E-state index is 0.00898. The molecule has 0 saturated heterocycles. The van der Waals surface area contributed by atoms with Gasteiger partial charge in [-0.1, -0.05) is 24.3 Å². The Balaban J connectivity index is 1.37. The van der Waals surface area contributed by atoms with Crippen molar-refractivity contribution in [3.05, 3.63) is 58.5 Å². The molecule has 0 bridgehead atoms. The molecule has 12 nitrogen and oxygen atoms in total. The highest BCUT2D eigenvalue weighted by molar-refractivity contribution is 7.70. The number of hydrogen-bond acceptors (Lipinski definition) is 8. The largest absolute Gasteiger partial charge is 0.390 e. The first kappa shape index (κ1) is 26.7. The molecule has 3 aromatic rings. The van der Waals surface area contributed by atoms with Crippen LogP contribution in [0.3, 0.4) is 0 Å². The molecule has 15 heteroatoms. The van der Waals surface area contributed by atoms with E-state index in [1.807, 2.05) is 12.1 Å². The van der Waals surface area contributed by atoms with E-state index in [0.717, 1.165) is 12.8 Å². The minimum Gasteiger partial charge on any atom is -0.390 e. The molecule has 0 radical (unpaired) electrons. The van der Waals surface area contributed by atoms with Crippen molar-refractivity contribution < 1.29 is 38.5 Å². The van der Waals surface area contributed by atoms with Crippen LogP contribution in [0.15, 0.2) is 36.4 Å². The molecular weight excluding hydrogens is 546 g/mol. The first-order valence-corrected chi connectivity index (χ1v) is 15.6. The Labute approximate surface area is 217 Å². The highest BCUT2D eigenvalue weighted by Gasteiger charge is 2.45. The highest BCUT2D eigenvalue weighted by Crippen LogP contribution is 2.56. The fourth-order valence-electron chi connectivity index (χ4n) is 5.32. The van der Waals surface area contributed by atoms with Gasteiger partial charge in [-0.15, -0.1) is 5.10 Å². The molecule has 5 rings (SSSR count). The third-order valence-electron chi connectivity index (χ3n) is 6.99. The summed E-state index contributed by atoms with van der Waals surface area (Å²) in [5, 5.41) is 29.1. The number of nitrogens with zero attached hydrogens (tertiary/aromatic N) is 3. The Hall–Kier alpha value is -1.85. The SMILES string of the molecule is O=P(O)(O)CP(=O)(O)OC[C@H]1C[C@@H](c2ccc3c(N[C@H]4CCc5ccccc54)nc(Cl)nn23)[C@H](O)[C@@H]1O. The second-order valence-corrected chi connectivity index (χ2v) is 13.9. The maximum absolute atomic E-state index is 12.0. The van der Waals surface area contributed by atoms with E-state index in [-0.39, 0.29) is 17.7 Å². The van der Waals surface area contributed by atoms with E-state index in [9.17, 15) is 24.2 Å². The van der Waals surface area contributed by atoms with E-state index in [4.69, 9.17) is 25.9 Å². The van der Waals surface area contributed by atoms with Crippen LogP contribution in [0.2, 0.25) is 5.28 Å². The van der Waals surface area contributed by atoms with Crippen molar-refractivity contribution in [2.45, 2.75) is 43.4 Å². The van der Waals surface area contributed by atoms with E-state index in [0.29, 0.717) is 17.0 Å². The van der Waals surface area contributed by atoms with Gasteiger partial charge >= 0.3 is 15.2 Å². The molecule has 0 aliphatic heterocycles. The number of nitrogens with one attached hydrogen (secondary N) is 1. The van der Waals surface area contributed by atoms with E-state index < -0.39 is 51.7 Å².